The van der Waals surface area contributed by atoms with Crippen molar-refractivity contribution in [3.63, 3.8) is 0 Å². The van der Waals surface area contributed by atoms with Gasteiger partial charge in [-0.2, -0.15) is 0 Å². The molecule has 5 nitrogen and oxygen atoms in total. The topological polar surface area (TPSA) is 82.1 Å². The molecule has 0 aromatic rings. The van der Waals surface area contributed by atoms with Gasteiger partial charge in [0.2, 0.25) is 0 Å². The summed E-state index contributed by atoms with van der Waals surface area (Å²) in [4.78, 5) is 2.18. The van der Waals surface area contributed by atoms with Crippen LogP contribution in [0, 0.1) is 0 Å². The summed E-state index contributed by atoms with van der Waals surface area (Å²) in [6.45, 7) is 3.29. The summed E-state index contributed by atoms with van der Waals surface area (Å²) in [5.74, 6) is 0.268. The number of hydrogen-bond acceptors (Lipinski definition) is 4. The zero-order chi connectivity index (χ0) is 11.7. The van der Waals surface area contributed by atoms with Crippen LogP contribution in [0.2, 0.25) is 0 Å². The molecule has 0 aromatic heterocycles. The molecule has 0 fully saturated rings. The van der Waals surface area contributed by atoms with Gasteiger partial charge in [0.25, 0.3) is 0 Å². The van der Waals surface area contributed by atoms with Crippen molar-refractivity contribution in [3.05, 3.63) is 0 Å². The minimum atomic E-state index is 0.267. The van der Waals surface area contributed by atoms with E-state index in [0.717, 1.165) is 25.8 Å². The average molecular weight is 217 g/mol. The maximum atomic E-state index is 8.62. The minimum absolute atomic E-state index is 0.267. The molecule has 0 heterocycles. The first-order valence-corrected chi connectivity index (χ1v) is 5.39. The highest BCUT2D eigenvalue weighted by Gasteiger charge is 2.10. The fourth-order valence-corrected chi connectivity index (χ4v) is 1.37. The summed E-state index contributed by atoms with van der Waals surface area (Å²) < 4.78 is 0. The fourth-order valence-electron chi connectivity index (χ4n) is 1.37. The molecule has 0 radical (unpaired) electrons. The van der Waals surface area contributed by atoms with E-state index in [9.17, 15) is 0 Å². The monoisotopic (exact) mass is 217 g/mol. The van der Waals surface area contributed by atoms with Gasteiger partial charge in [0.05, 0.1) is 0 Å². The van der Waals surface area contributed by atoms with E-state index in [1.165, 1.54) is 0 Å². The molecule has 1 atom stereocenters. The van der Waals surface area contributed by atoms with Gasteiger partial charge in [-0.1, -0.05) is 5.16 Å². The molecular weight excluding hydrogens is 194 g/mol. The maximum Gasteiger partial charge on any atom is 0.140 e. The largest absolute Gasteiger partial charge is 0.409 e. The summed E-state index contributed by atoms with van der Waals surface area (Å²) in [5.41, 5.74) is 5.43. The van der Waals surface area contributed by atoms with Gasteiger partial charge in [-0.25, -0.2) is 0 Å². The van der Waals surface area contributed by atoms with E-state index >= 15 is 0 Å². The van der Waals surface area contributed by atoms with Crippen LogP contribution in [-0.2, 0) is 0 Å². The fraction of sp³-hybridized carbons (Fsp3) is 0.900. The first kappa shape index (κ1) is 14.2. The summed E-state index contributed by atoms with van der Waals surface area (Å²) in [5, 5.41) is 20.0. The molecule has 0 aliphatic rings. The molecule has 0 rings (SSSR count). The van der Waals surface area contributed by atoms with Gasteiger partial charge in [-0.05, 0) is 39.8 Å². The van der Waals surface area contributed by atoms with Crippen LogP contribution in [0.15, 0.2) is 5.16 Å². The number of aliphatic hydroxyl groups excluding tert-OH is 1. The SMILES string of the molecule is CC(CC(N)=NO)N(C)CCCCCO. The minimum Gasteiger partial charge on any atom is -0.409 e. The lowest BCUT2D eigenvalue weighted by Crippen LogP contribution is -2.33. The molecular formula is C10H23N3O2. The Balaban J connectivity index is 3.64. The molecule has 0 aliphatic carbocycles. The lowest BCUT2D eigenvalue weighted by molar-refractivity contribution is 0.243. The standard InChI is InChI=1S/C10H23N3O2/c1-9(8-10(11)12-15)13(2)6-4-3-5-7-14/h9,14-15H,3-8H2,1-2H3,(H2,11,12). The predicted molar refractivity (Wildman–Crippen MR) is 61.1 cm³/mol. The van der Waals surface area contributed by atoms with Crippen LogP contribution in [0.1, 0.15) is 32.6 Å². The number of nitrogens with zero attached hydrogens (tertiary/aromatic N) is 2. The number of amidine groups is 1. The third kappa shape index (κ3) is 7.16. The normalized spacial score (nSPS) is 14.5. The lowest BCUT2D eigenvalue weighted by atomic mass is 10.1. The van der Waals surface area contributed by atoms with E-state index < -0.39 is 0 Å². The van der Waals surface area contributed by atoms with Gasteiger partial charge in [0.15, 0.2) is 0 Å². The van der Waals surface area contributed by atoms with E-state index in [4.69, 9.17) is 16.0 Å². The Labute approximate surface area is 91.6 Å². The smallest absolute Gasteiger partial charge is 0.140 e. The maximum absolute atomic E-state index is 8.62. The van der Waals surface area contributed by atoms with Gasteiger partial charge < -0.3 is 20.9 Å². The second-order valence-electron chi connectivity index (χ2n) is 3.91. The van der Waals surface area contributed by atoms with Crippen LogP contribution in [0.3, 0.4) is 0 Å². The zero-order valence-corrected chi connectivity index (χ0v) is 9.69. The molecule has 0 spiro atoms. The van der Waals surface area contributed by atoms with E-state index in [1.807, 2.05) is 14.0 Å². The molecule has 1 unspecified atom stereocenters. The zero-order valence-electron chi connectivity index (χ0n) is 9.69. The first-order chi connectivity index (χ1) is 7.11. The number of rotatable bonds is 8. The number of hydrogen-bond donors (Lipinski definition) is 3. The van der Waals surface area contributed by atoms with Crippen molar-refractivity contribution in [1.29, 1.82) is 0 Å². The highest BCUT2D eigenvalue weighted by atomic mass is 16.4. The van der Waals surface area contributed by atoms with Crippen molar-refractivity contribution >= 4 is 5.84 Å². The third-order valence-corrected chi connectivity index (χ3v) is 2.55. The number of aliphatic hydroxyl groups is 1. The van der Waals surface area contributed by atoms with Crippen molar-refractivity contribution in [2.24, 2.45) is 10.9 Å². The molecule has 0 saturated heterocycles. The summed E-state index contributed by atoms with van der Waals surface area (Å²) in [6, 6.07) is 0.273. The Morgan fingerprint density at radius 3 is 2.60 bits per heavy atom. The Bertz CT molecular complexity index is 186. The third-order valence-electron chi connectivity index (χ3n) is 2.55. The molecule has 0 bridgehead atoms. The van der Waals surface area contributed by atoms with Crippen molar-refractivity contribution in [1.82, 2.24) is 4.90 Å². The molecule has 0 saturated carbocycles. The second kappa shape index (κ2) is 8.49. The molecule has 0 aliphatic heterocycles. The van der Waals surface area contributed by atoms with Gasteiger partial charge >= 0.3 is 0 Å². The first-order valence-electron chi connectivity index (χ1n) is 5.39. The Kier molecular flexibility index (Phi) is 8.04. The highest BCUT2D eigenvalue weighted by Crippen LogP contribution is 2.04. The van der Waals surface area contributed by atoms with Crippen molar-refractivity contribution in [2.75, 3.05) is 20.2 Å². The van der Waals surface area contributed by atoms with Crippen LogP contribution >= 0.6 is 0 Å². The Morgan fingerprint density at radius 1 is 1.40 bits per heavy atom. The summed E-state index contributed by atoms with van der Waals surface area (Å²) in [7, 11) is 2.02. The summed E-state index contributed by atoms with van der Waals surface area (Å²) >= 11 is 0. The Morgan fingerprint density at radius 2 is 2.07 bits per heavy atom. The van der Waals surface area contributed by atoms with Crippen molar-refractivity contribution in [2.45, 2.75) is 38.6 Å². The van der Waals surface area contributed by atoms with Crippen LogP contribution in [0.5, 0.6) is 0 Å². The van der Waals surface area contributed by atoms with Gasteiger partial charge in [-0.3, -0.25) is 0 Å². The summed E-state index contributed by atoms with van der Waals surface area (Å²) in [6.07, 6.45) is 3.55. The average Bonchev–Trinajstić information content (AvgIpc) is 2.23. The van der Waals surface area contributed by atoms with Crippen LogP contribution in [0.4, 0.5) is 0 Å². The number of oxime groups is 1. The molecule has 5 heteroatoms. The molecule has 4 N–H and O–H groups in total. The lowest BCUT2D eigenvalue weighted by Gasteiger charge is -2.23. The quantitative estimate of drug-likeness (QED) is 0.183. The second-order valence-corrected chi connectivity index (χ2v) is 3.91. The van der Waals surface area contributed by atoms with E-state index in [0.29, 0.717) is 6.42 Å². The molecule has 90 valence electrons. The van der Waals surface area contributed by atoms with Gasteiger partial charge in [-0.15, -0.1) is 0 Å². The van der Waals surface area contributed by atoms with Gasteiger partial charge in [0.1, 0.15) is 5.84 Å². The number of nitrogens with two attached hydrogens (primary N) is 1. The highest BCUT2D eigenvalue weighted by molar-refractivity contribution is 5.80. The Hall–Kier alpha value is -0.810. The molecule has 15 heavy (non-hydrogen) atoms. The van der Waals surface area contributed by atoms with E-state index in [2.05, 4.69) is 10.1 Å². The van der Waals surface area contributed by atoms with Crippen molar-refractivity contribution < 1.29 is 10.3 Å². The van der Waals surface area contributed by atoms with E-state index in [1.54, 1.807) is 0 Å². The predicted octanol–water partition coefficient (Wildman–Crippen LogP) is 0.606. The molecule has 0 aromatic carbocycles. The molecule has 0 amide bonds. The number of unbranched alkanes of at least 4 members (excludes halogenated alkanes) is 2. The van der Waals surface area contributed by atoms with Crippen LogP contribution in [-0.4, -0.2) is 47.3 Å². The van der Waals surface area contributed by atoms with Crippen molar-refractivity contribution in [3.8, 4) is 0 Å². The van der Waals surface area contributed by atoms with Gasteiger partial charge in [0, 0.05) is 19.1 Å². The van der Waals surface area contributed by atoms with Crippen LogP contribution in [0.25, 0.3) is 0 Å². The van der Waals surface area contributed by atoms with Crippen LogP contribution < -0.4 is 5.73 Å². The van der Waals surface area contributed by atoms with E-state index in [-0.39, 0.29) is 18.5 Å².